The lowest BCUT2D eigenvalue weighted by atomic mass is 9.99. The van der Waals surface area contributed by atoms with Crippen LogP contribution in [0.15, 0.2) is 30.6 Å². The molecule has 2 aromatic heterocycles. The van der Waals surface area contributed by atoms with Gasteiger partial charge >= 0.3 is 0 Å². The van der Waals surface area contributed by atoms with Crippen molar-refractivity contribution in [1.29, 1.82) is 0 Å². The first kappa shape index (κ1) is 12.3. The zero-order valence-electron chi connectivity index (χ0n) is 12.5. The van der Waals surface area contributed by atoms with Crippen LogP contribution in [0.2, 0.25) is 0 Å². The van der Waals surface area contributed by atoms with Crippen molar-refractivity contribution in [3.8, 4) is 11.3 Å². The molecule has 2 aliphatic carbocycles. The standard InChI is InChI=1S/C18H17N3O/c1-11-8-12(4-7-19-11)15-9-16-14(10-20-15)18(5-6-18)17(22)21(16)13-2-3-13/h4,7-10,13H,2-3,5-6H2,1H3. The summed E-state index contributed by atoms with van der Waals surface area (Å²) in [5.74, 6) is 0.315. The highest BCUT2D eigenvalue weighted by molar-refractivity contribution is 6.11. The van der Waals surface area contributed by atoms with Crippen LogP contribution in [0.4, 0.5) is 5.69 Å². The monoisotopic (exact) mass is 291 g/mol. The SMILES string of the molecule is Cc1cc(-c2cc3c(cn2)C2(CC2)C(=O)N3C2CC2)ccn1. The molecular weight excluding hydrogens is 274 g/mol. The van der Waals surface area contributed by atoms with E-state index in [2.05, 4.69) is 20.9 Å². The molecule has 3 aliphatic rings. The van der Waals surface area contributed by atoms with E-state index in [-0.39, 0.29) is 5.41 Å². The number of pyridine rings is 2. The van der Waals surface area contributed by atoms with E-state index in [1.54, 1.807) is 0 Å². The van der Waals surface area contributed by atoms with Crippen LogP contribution in [-0.4, -0.2) is 21.9 Å². The number of anilines is 1. The molecule has 2 saturated carbocycles. The Morgan fingerprint density at radius 2 is 2.05 bits per heavy atom. The molecule has 1 spiro atoms. The van der Waals surface area contributed by atoms with Gasteiger partial charge in [-0.05, 0) is 50.8 Å². The van der Waals surface area contributed by atoms with Crippen LogP contribution < -0.4 is 4.90 Å². The number of carbonyl (C=O) groups excluding carboxylic acids is 1. The Morgan fingerprint density at radius 1 is 1.23 bits per heavy atom. The number of aromatic nitrogens is 2. The highest BCUT2D eigenvalue weighted by atomic mass is 16.2. The molecule has 0 radical (unpaired) electrons. The highest BCUT2D eigenvalue weighted by Gasteiger charge is 2.61. The predicted octanol–water partition coefficient (Wildman–Crippen LogP) is 2.99. The Hall–Kier alpha value is -2.23. The average Bonchev–Trinajstić information content (AvgIpc) is 3.41. The van der Waals surface area contributed by atoms with Gasteiger partial charge in [0.25, 0.3) is 0 Å². The first-order valence-corrected chi connectivity index (χ1v) is 7.96. The maximum Gasteiger partial charge on any atom is 0.238 e. The van der Waals surface area contributed by atoms with Crippen LogP contribution >= 0.6 is 0 Å². The van der Waals surface area contributed by atoms with Crippen molar-refractivity contribution in [1.82, 2.24) is 9.97 Å². The largest absolute Gasteiger partial charge is 0.308 e. The predicted molar refractivity (Wildman–Crippen MR) is 83.6 cm³/mol. The highest BCUT2D eigenvalue weighted by Crippen LogP contribution is 2.59. The molecule has 2 aromatic rings. The number of fused-ring (bicyclic) bond motifs is 2. The van der Waals surface area contributed by atoms with Gasteiger partial charge in [0.2, 0.25) is 5.91 Å². The number of carbonyl (C=O) groups is 1. The summed E-state index contributed by atoms with van der Waals surface area (Å²) in [6.07, 6.45) is 7.98. The third-order valence-electron chi connectivity index (χ3n) is 5.14. The molecule has 0 N–H and O–H groups in total. The lowest BCUT2D eigenvalue weighted by Gasteiger charge is -2.17. The topological polar surface area (TPSA) is 46.1 Å². The Bertz CT molecular complexity index is 806. The number of hydrogen-bond donors (Lipinski definition) is 0. The minimum absolute atomic E-state index is 0.225. The van der Waals surface area contributed by atoms with Gasteiger partial charge in [-0.15, -0.1) is 0 Å². The van der Waals surface area contributed by atoms with E-state index in [4.69, 9.17) is 0 Å². The van der Waals surface area contributed by atoms with E-state index in [1.807, 2.05) is 31.5 Å². The second-order valence-electron chi connectivity index (χ2n) is 6.76. The Morgan fingerprint density at radius 3 is 2.73 bits per heavy atom. The summed E-state index contributed by atoms with van der Waals surface area (Å²) in [5.41, 5.74) is 5.00. The smallest absolute Gasteiger partial charge is 0.238 e. The molecule has 110 valence electrons. The molecule has 2 fully saturated rings. The maximum atomic E-state index is 12.8. The first-order valence-electron chi connectivity index (χ1n) is 7.96. The van der Waals surface area contributed by atoms with Gasteiger partial charge in [0, 0.05) is 35.3 Å². The van der Waals surface area contributed by atoms with Gasteiger partial charge in [-0.2, -0.15) is 0 Å². The van der Waals surface area contributed by atoms with Crippen molar-refractivity contribution < 1.29 is 4.79 Å². The minimum Gasteiger partial charge on any atom is -0.308 e. The van der Waals surface area contributed by atoms with Gasteiger partial charge < -0.3 is 4.90 Å². The maximum absolute atomic E-state index is 12.8. The second kappa shape index (κ2) is 3.94. The molecular formula is C18H17N3O. The van der Waals surface area contributed by atoms with Crippen molar-refractivity contribution in [3.63, 3.8) is 0 Å². The van der Waals surface area contributed by atoms with Crippen molar-refractivity contribution in [2.45, 2.75) is 44.1 Å². The Labute approximate surface area is 129 Å². The summed E-state index contributed by atoms with van der Waals surface area (Å²) < 4.78 is 0. The lowest BCUT2D eigenvalue weighted by Crippen LogP contribution is -2.33. The van der Waals surface area contributed by atoms with Crippen LogP contribution in [0.3, 0.4) is 0 Å². The van der Waals surface area contributed by atoms with Crippen molar-refractivity contribution in [2.75, 3.05) is 4.90 Å². The summed E-state index contributed by atoms with van der Waals surface area (Å²) in [4.78, 5) is 23.8. The number of rotatable bonds is 2. The van der Waals surface area contributed by atoms with Crippen LogP contribution in [0.1, 0.15) is 36.9 Å². The zero-order valence-corrected chi connectivity index (χ0v) is 12.5. The summed E-state index contributed by atoms with van der Waals surface area (Å²) in [6.45, 7) is 1.98. The van der Waals surface area contributed by atoms with Gasteiger partial charge in [-0.3, -0.25) is 14.8 Å². The lowest BCUT2D eigenvalue weighted by molar-refractivity contribution is -0.120. The summed E-state index contributed by atoms with van der Waals surface area (Å²) >= 11 is 0. The van der Waals surface area contributed by atoms with Crippen LogP contribution in [0, 0.1) is 6.92 Å². The second-order valence-corrected chi connectivity index (χ2v) is 6.76. The van der Waals surface area contributed by atoms with Crippen molar-refractivity contribution in [3.05, 3.63) is 41.9 Å². The van der Waals surface area contributed by atoms with Crippen LogP contribution in [0.25, 0.3) is 11.3 Å². The quantitative estimate of drug-likeness (QED) is 0.854. The molecule has 1 aliphatic heterocycles. The van der Waals surface area contributed by atoms with E-state index in [0.717, 1.165) is 53.9 Å². The molecule has 4 heteroatoms. The summed E-state index contributed by atoms with van der Waals surface area (Å²) in [5, 5.41) is 0. The molecule has 4 nitrogen and oxygen atoms in total. The van der Waals surface area contributed by atoms with Gasteiger partial charge in [0.15, 0.2) is 0 Å². The van der Waals surface area contributed by atoms with Gasteiger partial charge in [-0.1, -0.05) is 0 Å². The molecule has 1 amide bonds. The molecule has 3 heterocycles. The number of nitrogens with zero attached hydrogens (tertiary/aromatic N) is 3. The summed E-state index contributed by atoms with van der Waals surface area (Å²) in [6, 6.07) is 6.54. The van der Waals surface area contributed by atoms with Gasteiger partial charge in [0.05, 0.1) is 16.8 Å². The molecule has 0 aromatic carbocycles. The average molecular weight is 291 g/mol. The van der Waals surface area contributed by atoms with Crippen LogP contribution in [-0.2, 0) is 10.2 Å². The molecule has 0 saturated heterocycles. The Balaban J connectivity index is 1.66. The summed E-state index contributed by atoms with van der Waals surface area (Å²) in [7, 11) is 0. The van der Waals surface area contributed by atoms with E-state index >= 15 is 0 Å². The van der Waals surface area contributed by atoms with E-state index in [9.17, 15) is 4.79 Å². The molecule has 22 heavy (non-hydrogen) atoms. The molecule has 0 unspecified atom stereocenters. The fraction of sp³-hybridized carbons (Fsp3) is 0.389. The minimum atomic E-state index is -0.225. The number of hydrogen-bond acceptors (Lipinski definition) is 3. The van der Waals surface area contributed by atoms with Gasteiger partial charge in [0.1, 0.15) is 0 Å². The van der Waals surface area contributed by atoms with Crippen molar-refractivity contribution >= 4 is 11.6 Å². The molecule has 5 rings (SSSR count). The van der Waals surface area contributed by atoms with Gasteiger partial charge in [-0.25, -0.2) is 0 Å². The number of aryl methyl sites for hydroxylation is 1. The fourth-order valence-electron chi connectivity index (χ4n) is 3.63. The van der Waals surface area contributed by atoms with E-state index in [1.165, 1.54) is 0 Å². The van der Waals surface area contributed by atoms with Crippen LogP contribution in [0.5, 0.6) is 0 Å². The van der Waals surface area contributed by atoms with Crippen molar-refractivity contribution in [2.24, 2.45) is 0 Å². The first-order chi connectivity index (χ1) is 10.7. The fourth-order valence-corrected chi connectivity index (χ4v) is 3.63. The third kappa shape index (κ3) is 1.55. The zero-order chi connectivity index (χ0) is 14.9. The molecule has 0 bridgehead atoms. The van der Waals surface area contributed by atoms with E-state index in [0.29, 0.717) is 11.9 Å². The Kier molecular flexibility index (Phi) is 2.21. The number of amides is 1. The normalized spacial score (nSPS) is 21.3. The third-order valence-corrected chi connectivity index (χ3v) is 5.14. The molecule has 0 atom stereocenters. The van der Waals surface area contributed by atoms with E-state index < -0.39 is 0 Å².